The van der Waals surface area contributed by atoms with Crippen molar-refractivity contribution in [2.45, 2.75) is 25.5 Å². The van der Waals surface area contributed by atoms with Gasteiger partial charge in [-0.1, -0.05) is 24.3 Å². The fraction of sp³-hybridized carbons (Fsp3) is 0.316. The summed E-state index contributed by atoms with van der Waals surface area (Å²) in [6.07, 6.45) is -0.0528. The minimum Gasteiger partial charge on any atom is -0.389 e. The highest BCUT2D eigenvalue weighted by Gasteiger charge is 2.14. The molecule has 0 spiro atoms. The number of nitrogens with two attached hydrogens (primary N) is 1. The third-order valence-electron chi connectivity index (χ3n) is 3.91. The molecule has 0 radical (unpaired) electrons. The molecule has 0 saturated carbocycles. The van der Waals surface area contributed by atoms with Gasteiger partial charge < -0.3 is 21.1 Å². The molecule has 2 aromatic rings. The second-order valence-electron chi connectivity index (χ2n) is 6.16. The van der Waals surface area contributed by atoms with E-state index in [0.717, 1.165) is 22.5 Å². The summed E-state index contributed by atoms with van der Waals surface area (Å²) < 4.78 is 0. The minimum absolute atomic E-state index is 0.216. The highest BCUT2D eigenvalue weighted by Crippen LogP contribution is 2.17. The Hall–Kier alpha value is -2.37. The number of nitrogens with one attached hydrogen (secondary N) is 1. The van der Waals surface area contributed by atoms with Crippen molar-refractivity contribution >= 4 is 17.3 Å². The molecule has 2 atom stereocenters. The Morgan fingerprint density at radius 1 is 1.12 bits per heavy atom. The molecular formula is C19H25N3O2. The molecule has 0 aliphatic rings. The highest BCUT2D eigenvalue weighted by atomic mass is 16.3. The lowest BCUT2D eigenvalue weighted by Gasteiger charge is -2.15. The van der Waals surface area contributed by atoms with E-state index in [1.54, 1.807) is 6.92 Å². The maximum atomic E-state index is 12.2. The van der Waals surface area contributed by atoms with Gasteiger partial charge in [0.15, 0.2) is 0 Å². The van der Waals surface area contributed by atoms with Crippen LogP contribution in [0.25, 0.3) is 0 Å². The number of aliphatic hydroxyl groups is 1. The van der Waals surface area contributed by atoms with Crippen molar-refractivity contribution in [2.24, 2.45) is 5.73 Å². The molecule has 0 fully saturated rings. The fourth-order valence-corrected chi connectivity index (χ4v) is 2.36. The van der Waals surface area contributed by atoms with Gasteiger partial charge in [0.25, 0.3) is 0 Å². The number of hydrogen-bond acceptors (Lipinski definition) is 4. The Bertz CT molecular complexity index is 664. The van der Waals surface area contributed by atoms with Crippen molar-refractivity contribution in [3.63, 3.8) is 0 Å². The Morgan fingerprint density at radius 3 is 2.21 bits per heavy atom. The van der Waals surface area contributed by atoms with Gasteiger partial charge in [0.05, 0.1) is 12.1 Å². The van der Waals surface area contributed by atoms with E-state index in [0.29, 0.717) is 6.42 Å². The number of carbonyl (C=O) groups is 1. The summed E-state index contributed by atoms with van der Waals surface area (Å²) in [5.41, 5.74) is 9.60. The lowest BCUT2D eigenvalue weighted by molar-refractivity contribution is -0.117. The lowest BCUT2D eigenvalue weighted by atomic mass is 10.0. The zero-order valence-corrected chi connectivity index (χ0v) is 14.4. The van der Waals surface area contributed by atoms with Crippen molar-refractivity contribution < 1.29 is 9.90 Å². The number of aliphatic hydroxyl groups excluding tert-OH is 1. The summed E-state index contributed by atoms with van der Waals surface area (Å²) in [7, 11) is 3.93. The number of anilines is 2. The van der Waals surface area contributed by atoms with Crippen LogP contribution < -0.4 is 16.0 Å². The summed E-state index contributed by atoms with van der Waals surface area (Å²) in [6.45, 7) is 1.72. The quantitative estimate of drug-likeness (QED) is 0.761. The van der Waals surface area contributed by atoms with Crippen molar-refractivity contribution in [3.05, 3.63) is 59.7 Å². The second-order valence-corrected chi connectivity index (χ2v) is 6.16. The monoisotopic (exact) mass is 327 g/mol. The molecule has 5 nitrogen and oxygen atoms in total. The molecule has 0 aliphatic heterocycles. The first-order chi connectivity index (χ1) is 11.4. The molecule has 0 heterocycles. The van der Waals surface area contributed by atoms with Crippen LogP contribution >= 0.6 is 0 Å². The zero-order chi connectivity index (χ0) is 17.7. The average molecular weight is 327 g/mol. The normalized spacial score (nSPS) is 13.2. The maximum absolute atomic E-state index is 12.2. The maximum Gasteiger partial charge on any atom is 0.241 e. The first-order valence-electron chi connectivity index (χ1n) is 7.97. The lowest BCUT2D eigenvalue weighted by Crippen LogP contribution is -2.37. The van der Waals surface area contributed by atoms with Gasteiger partial charge in [-0.05, 0) is 48.7 Å². The van der Waals surface area contributed by atoms with Crippen LogP contribution in [0.3, 0.4) is 0 Å². The standard InChI is InChI=1S/C19H25N3O2/c1-13(23)15-6-4-14(5-7-15)12-18(20)19(24)21-16-8-10-17(11-9-16)22(2)3/h4-11,13,18,23H,12,20H2,1-3H3,(H,21,24)/t13?,18-/m0/s1. The topological polar surface area (TPSA) is 78.6 Å². The van der Waals surface area contributed by atoms with Crippen molar-refractivity contribution in [2.75, 3.05) is 24.3 Å². The van der Waals surface area contributed by atoms with Gasteiger partial charge in [0.1, 0.15) is 0 Å². The summed E-state index contributed by atoms with van der Waals surface area (Å²) >= 11 is 0. The van der Waals surface area contributed by atoms with Crippen LogP contribution in [0, 0.1) is 0 Å². The summed E-state index contributed by atoms with van der Waals surface area (Å²) in [5, 5.41) is 12.3. The summed E-state index contributed by atoms with van der Waals surface area (Å²) in [6, 6.07) is 14.5. The SMILES string of the molecule is CC(O)c1ccc(C[C@H](N)C(=O)Nc2ccc(N(C)C)cc2)cc1. The van der Waals surface area contributed by atoms with Gasteiger partial charge in [-0.15, -0.1) is 0 Å². The van der Waals surface area contributed by atoms with E-state index < -0.39 is 12.1 Å². The van der Waals surface area contributed by atoms with Crippen molar-refractivity contribution in [1.29, 1.82) is 0 Å². The van der Waals surface area contributed by atoms with Crippen LogP contribution in [-0.4, -0.2) is 31.2 Å². The largest absolute Gasteiger partial charge is 0.389 e. The van der Waals surface area contributed by atoms with E-state index in [1.807, 2.05) is 67.5 Å². The van der Waals surface area contributed by atoms with E-state index >= 15 is 0 Å². The van der Waals surface area contributed by atoms with E-state index in [2.05, 4.69) is 5.32 Å². The first-order valence-corrected chi connectivity index (χ1v) is 7.97. The van der Waals surface area contributed by atoms with Crippen LogP contribution in [-0.2, 0) is 11.2 Å². The van der Waals surface area contributed by atoms with Gasteiger partial charge in [-0.3, -0.25) is 4.79 Å². The molecule has 0 bridgehead atoms. The predicted molar refractivity (Wildman–Crippen MR) is 98.2 cm³/mol. The van der Waals surface area contributed by atoms with Crippen LogP contribution in [0.2, 0.25) is 0 Å². The molecule has 128 valence electrons. The molecule has 1 amide bonds. The molecule has 4 N–H and O–H groups in total. The predicted octanol–water partition coefficient (Wildman–Crippen LogP) is 2.31. The fourth-order valence-electron chi connectivity index (χ4n) is 2.36. The van der Waals surface area contributed by atoms with Crippen molar-refractivity contribution in [3.8, 4) is 0 Å². The van der Waals surface area contributed by atoms with Gasteiger partial charge in [0, 0.05) is 25.5 Å². The Kier molecular flexibility index (Phi) is 5.95. The molecule has 0 aliphatic carbocycles. The van der Waals surface area contributed by atoms with Gasteiger partial charge >= 0.3 is 0 Å². The molecule has 0 saturated heterocycles. The van der Waals surface area contributed by atoms with Gasteiger partial charge in [0.2, 0.25) is 5.91 Å². The average Bonchev–Trinajstić information content (AvgIpc) is 2.55. The molecule has 1 unspecified atom stereocenters. The Balaban J connectivity index is 1.94. The minimum atomic E-state index is -0.629. The molecule has 0 aromatic heterocycles. The number of rotatable bonds is 6. The van der Waals surface area contributed by atoms with E-state index in [9.17, 15) is 9.90 Å². The van der Waals surface area contributed by atoms with Gasteiger partial charge in [-0.25, -0.2) is 0 Å². The Labute approximate surface area is 143 Å². The number of hydrogen-bond donors (Lipinski definition) is 3. The van der Waals surface area contributed by atoms with Crippen LogP contribution in [0.4, 0.5) is 11.4 Å². The third kappa shape index (κ3) is 4.81. The van der Waals surface area contributed by atoms with Gasteiger partial charge in [-0.2, -0.15) is 0 Å². The van der Waals surface area contributed by atoms with Crippen molar-refractivity contribution in [1.82, 2.24) is 0 Å². The number of nitrogens with zero attached hydrogens (tertiary/aromatic N) is 1. The zero-order valence-electron chi connectivity index (χ0n) is 14.4. The molecular weight excluding hydrogens is 302 g/mol. The number of benzene rings is 2. The smallest absolute Gasteiger partial charge is 0.241 e. The second kappa shape index (κ2) is 7.95. The van der Waals surface area contributed by atoms with E-state index in [1.165, 1.54) is 0 Å². The summed E-state index contributed by atoms with van der Waals surface area (Å²) in [4.78, 5) is 14.2. The third-order valence-corrected chi connectivity index (χ3v) is 3.91. The highest BCUT2D eigenvalue weighted by molar-refractivity contribution is 5.95. The van der Waals surface area contributed by atoms with Crippen LogP contribution in [0.15, 0.2) is 48.5 Å². The Morgan fingerprint density at radius 2 is 1.71 bits per heavy atom. The number of carbonyl (C=O) groups excluding carboxylic acids is 1. The molecule has 2 aromatic carbocycles. The van der Waals surface area contributed by atoms with E-state index in [-0.39, 0.29) is 5.91 Å². The summed E-state index contributed by atoms with van der Waals surface area (Å²) in [5.74, 6) is -0.216. The first kappa shape index (κ1) is 18.0. The van der Waals surface area contributed by atoms with E-state index in [4.69, 9.17) is 5.73 Å². The molecule has 5 heteroatoms. The number of amides is 1. The van der Waals surface area contributed by atoms with Crippen LogP contribution in [0.1, 0.15) is 24.2 Å². The molecule has 24 heavy (non-hydrogen) atoms. The molecule has 2 rings (SSSR count). The van der Waals surface area contributed by atoms with Crippen LogP contribution in [0.5, 0.6) is 0 Å².